The van der Waals surface area contributed by atoms with E-state index in [1.807, 2.05) is 0 Å². The lowest BCUT2D eigenvalue weighted by Gasteiger charge is -2.23. The molecule has 118 valence electrons. The SMILES string of the molecule is CCCCCCCC[N+](C)(C)C.CCCS(=O)(=O)[O-]. The molecule has 0 rings (SSSR count). The average Bonchev–Trinajstić information content (AvgIpc) is 2.21. The second-order valence-electron chi connectivity index (χ2n) is 6.04. The molecular formula is C14H33NO3S. The van der Waals surface area contributed by atoms with E-state index in [1.54, 1.807) is 6.92 Å². The van der Waals surface area contributed by atoms with Crippen molar-refractivity contribution in [3.05, 3.63) is 0 Å². The third kappa shape index (κ3) is 27.2. The average molecular weight is 295 g/mol. The van der Waals surface area contributed by atoms with E-state index in [4.69, 9.17) is 0 Å². The summed E-state index contributed by atoms with van der Waals surface area (Å²) in [4.78, 5) is 0. The zero-order valence-corrected chi connectivity index (χ0v) is 14.3. The fourth-order valence-corrected chi connectivity index (χ4v) is 2.12. The van der Waals surface area contributed by atoms with Crippen molar-refractivity contribution in [2.24, 2.45) is 0 Å². The van der Waals surface area contributed by atoms with E-state index in [0.717, 1.165) is 4.48 Å². The van der Waals surface area contributed by atoms with Crippen molar-refractivity contribution < 1.29 is 17.5 Å². The Morgan fingerprint density at radius 1 is 0.842 bits per heavy atom. The van der Waals surface area contributed by atoms with Gasteiger partial charge in [0, 0.05) is 5.75 Å². The Morgan fingerprint density at radius 2 is 1.32 bits per heavy atom. The van der Waals surface area contributed by atoms with E-state index in [9.17, 15) is 13.0 Å². The zero-order valence-electron chi connectivity index (χ0n) is 13.4. The minimum Gasteiger partial charge on any atom is -0.748 e. The molecule has 0 radical (unpaired) electrons. The van der Waals surface area contributed by atoms with Crippen molar-refractivity contribution in [1.82, 2.24) is 0 Å². The number of rotatable bonds is 9. The highest BCUT2D eigenvalue weighted by atomic mass is 32.2. The van der Waals surface area contributed by atoms with Gasteiger partial charge in [-0.25, -0.2) is 8.42 Å². The van der Waals surface area contributed by atoms with Gasteiger partial charge in [0.1, 0.15) is 0 Å². The highest BCUT2D eigenvalue weighted by Crippen LogP contribution is 2.06. The van der Waals surface area contributed by atoms with Gasteiger partial charge in [0.15, 0.2) is 0 Å². The molecule has 4 nitrogen and oxygen atoms in total. The molecule has 0 atom stereocenters. The fourth-order valence-electron chi connectivity index (χ4n) is 1.62. The van der Waals surface area contributed by atoms with Gasteiger partial charge < -0.3 is 9.04 Å². The Morgan fingerprint density at radius 3 is 1.63 bits per heavy atom. The summed E-state index contributed by atoms with van der Waals surface area (Å²) in [5, 5.41) is 0. The minimum atomic E-state index is -3.92. The molecule has 0 bridgehead atoms. The number of hydrogen-bond donors (Lipinski definition) is 0. The second kappa shape index (κ2) is 11.7. The molecule has 0 N–H and O–H groups in total. The molecule has 0 saturated carbocycles. The van der Waals surface area contributed by atoms with Gasteiger partial charge in [-0.15, -0.1) is 0 Å². The van der Waals surface area contributed by atoms with Crippen LogP contribution in [-0.4, -0.2) is 50.9 Å². The van der Waals surface area contributed by atoms with Crippen LogP contribution in [0.5, 0.6) is 0 Å². The van der Waals surface area contributed by atoms with Crippen molar-refractivity contribution in [1.29, 1.82) is 0 Å². The van der Waals surface area contributed by atoms with Crippen LogP contribution in [0.4, 0.5) is 0 Å². The van der Waals surface area contributed by atoms with Gasteiger partial charge in [-0.2, -0.15) is 0 Å². The largest absolute Gasteiger partial charge is 0.748 e. The van der Waals surface area contributed by atoms with Crippen LogP contribution in [0.3, 0.4) is 0 Å². The zero-order chi connectivity index (χ0) is 15.4. The highest BCUT2D eigenvalue weighted by Gasteiger charge is 2.04. The van der Waals surface area contributed by atoms with E-state index in [2.05, 4.69) is 28.1 Å². The molecule has 5 heteroatoms. The molecule has 0 spiro atoms. The van der Waals surface area contributed by atoms with Crippen LogP contribution in [0.15, 0.2) is 0 Å². The van der Waals surface area contributed by atoms with Crippen molar-refractivity contribution >= 4 is 10.1 Å². The summed E-state index contributed by atoms with van der Waals surface area (Å²) in [6.07, 6.45) is 8.88. The van der Waals surface area contributed by atoms with Gasteiger partial charge in [-0.1, -0.05) is 39.5 Å². The first-order valence-electron chi connectivity index (χ1n) is 7.36. The molecule has 0 fully saturated rings. The molecule has 0 heterocycles. The van der Waals surface area contributed by atoms with Crippen molar-refractivity contribution in [3.63, 3.8) is 0 Å². The lowest BCUT2D eigenvalue weighted by Crippen LogP contribution is -2.35. The topological polar surface area (TPSA) is 57.2 Å². The molecule has 0 saturated heterocycles. The van der Waals surface area contributed by atoms with Crippen molar-refractivity contribution in [2.75, 3.05) is 33.4 Å². The first-order valence-corrected chi connectivity index (χ1v) is 8.94. The Kier molecular flexibility index (Phi) is 13.0. The normalized spacial score (nSPS) is 11.9. The summed E-state index contributed by atoms with van der Waals surface area (Å²) >= 11 is 0. The molecular weight excluding hydrogens is 262 g/mol. The summed E-state index contributed by atoms with van der Waals surface area (Å²) in [6.45, 7) is 5.24. The van der Waals surface area contributed by atoms with Crippen molar-refractivity contribution in [2.45, 2.75) is 58.8 Å². The Bertz CT molecular complexity index is 282. The maximum Gasteiger partial charge on any atom is 0.0945 e. The third-order valence-electron chi connectivity index (χ3n) is 2.64. The van der Waals surface area contributed by atoms with Gasteiger partial charge in [-0.05, 0) is 19.3 Å². The first-order chi connectivity index (χ1) is 8.62. The molecule has 0 aromatic heterocycles. The van der Waals surface area contributed by atoms with Gasteiger partial charge in [0.2, 0.25) is 0 Å². The van der Waals surface area contributed by atoms with Crippen molar-refractivity contribution in [3.8, 4) is 0 Å². The van der Waals surface area contributed by atoms with Crippen LogP contribution in [0, 0.1) is 0 Å². The Labute approximate surface area is 120 Å². The summed E-state index contributed by atoms with van der Waals surface area (Å²) < 4.78 is 30.1. The van der Waals surface area contributed by atoms with Gasteiger partial charge in [0.25, 0.3) is 0 Å². The number of unbranched alkanes of at least 4 members (excludes halogenated alkanes) is 5. The van der Waals surface area contributed by atoms with Crippen LogP contribution in [0.1, 0.15) is 58.8 Å². The lowest BCUT2D eigenvalue weighted by atomic mass is 10.1. The van der Waals surface area contributed by atoms with Gasteiger partial charge in [-0.3, -0.25) is 0 Å². The molecule has 0 amide bonds. The van der Waals surface area contributed by atoms with Crippen LogP contribution >= 0.6 is 0 Å². The molecule has 0 aliphatic rings. The number of nitrogens with zero attached hydrogens (tertiary/aromatic N) is 1. The summed E-state index contributed by atoms with van der Waals surface area (Å²) in [6, 6.07) is 0. The lowest BCUT2D eigenvalue weighted by molar-refractivity contribution is -0.870. The van der Waals surface area contributed by atoms with Crippen LogP contribution in [0.2, 0.25) is 0 Å². The maximum absolute atomic E-state index is 9.68. The first kappa shape index (κ1) is 21.2. The highest BCUT2D eigenvalue weighted by molar-refractivity contribution is 7.85. The maximum atomic E-state index is 9.68. The molecule has 0 unspecified atom stereocenters. The van der Waals surface area contributed by atoms with E-state index in [-0.39, 0.29) is 5.75 Å². The van der Waals surface area contributed by atoms with E-state index in [0.29, 0.717) is 6.42 Å². The quantitative estimate of drug-likeness (QED) is 0.373. The van der Waals surface area contributed by atoms with E-state index in [1.165, 1.54) is 45.1 Å². The Balaban J connectivity index is 0. The summed E-state index contributed by atoms with van der Waals surface area (Å²) in [5.41, 5.74) is 0. The molecule has 0 aromatic rings. The summed E-state index contributed by atoms with van der Waals surface area (Å²) in [5.74, 6) is -0.243. The van der Waals surface area contributed by atoms with Crippen LogP contribution < -0.4 is 0 Å². The predicted octanol–water partition coefficient (Wildman–Crippen LogP) is 2.99. The molecule has 19 heavy (non-hydrogen) atoms. The number of hydrogen-bond acceptors (Lipinski definition) is 3. The smallest absolute Gasteiger partial charge is 0.0945 e. The van der Waals surface area contributed by atoms with Gasteiger partial charge in [0.05, 0.1) is 37.8 Å². The third-order valence-corrected chi connectivity index (χ3v) is 3.54. The van der Waals surface area contributed by atoms with Crippen LogP contribution in [-0.2, 0) is 10.1 Å². The fraction of sp³-hybridized carbons (Fsp3) is 1.00. The number of quaternary nitrogens is 1. The summed E-state index contributed by atoms with van der Waals surface area (Å²) in [7, 11) is 2.89. The van der Waals surface area contributed by atoms with Gasteiger partial charge >= 0.3 is 0 Å². The van der Waals surface area contributed by atoms with Crippen LogP contribution in [0.25, 0.3) is 0 Å². The minimum absolute atomic E-state index is 0.243. The van der Waals surface area contributed by atoms with E-state index < -0.39 is 10.1 Å². The van der Waals surface area contributed by atoms with E-state index >= 15 is 0 Å². The standard InChI is InChI=1S/C11H26N.C3H8O3S/c1-5-6-7-8-9-10-11-12(2,3)4;1-2-3-7(4,5)6/h5-11H2,1-4H3;2-3H2,1H3,(H,4,5,6)/q+1;/p-1. The predicted molar refractivity (Wildman–Crippen MR) is 81.1 cm³/mol. The Hall–Kier alpha value is -0.130. The molecule has 0 aliphatic heterocycles. The molecule has 0 aliphatic carbocycles. The second-order valence-corrected chi connectivity index (χ2v) is 7.57. The molecule has 0 aromatic carbocycles. The monoisotopic (exact) mass is 295 g/mol.